The third-order valence-electron chi connectivity index (χ3n) is 6.25. The molecular weight excluding hydrogens is 460 g/mol. The van der Waals surface area contributed by atoms with Gasteiger partial charge in [0.15, 0.2) is 11.5 Å². The molecule has 190 valence electrons. The Balaban J connectivity index is 1.62. The quantitative estimate of drug-likeness (QED) is 0.517. The van der Waals surface area contributed by atoms with Gasteiger partial charge in [-0.15, -0.1) is 0 Å². The van der Waals surface area contributed by atoms with Crippen LogP contribution in [0.4, 0.5) is 16.3 Å². The maximum Gasteiger partial charge on any atom is 0.415 e. The van der Waals surface area contributed by atoms with Crippen molar-refractivity contribution < 1.29 is 19.1 Å². The largest absolute Gasteiger partial charge is 0.493 e. The number of nitrogen functional groups attached to an aromatic ring is 1. The van der Waals surface area contributed by atoms with Crippen molar-refractivity contribution in [2.45, 2.75) is 33.7 Å². The second-order valence-electron chi connectivity index (χ2n) is 9.04. The van der Waals surface area contributed by atoms with Crippen LogP contribution in [-0.2, 0) is 4.79 Å². The molecule has 0 aliphatic carbocycles. The molecule has 2 heterocycles. The number of benzene rings is 2. The van der Waals surface area contributed by atoms with E-state index in [1.165, 1.54) is 14.0 Å². The molecule has 0 bridgehead atoms. The van der Waals surface area contributed by atoms with Crippen LogP contribution in [0, 0.1) is 13.8 Å². The zero-order valence-electron chi connectivity index (χ0n) is 21.3. The lowest BCUT2D eigenvalue weighted by Crippen LogP contribution is -2.50. The monoisotopic (exact) mass is 492 g/mol. The van der Waals surface area contributed by atoms with Crippen molar-refractivity contribution in [3.05, 3.63) is 47.3 Å². The molecule has 4 rings (SSSR count). The minimum atomic E-state index is -0.498. The van der Waals surface area contributed by atoms with Crippen molar-refractivity contribution in [2.75, 3.05) is 44.3 Å². The maximum absolute atomic E-state index is 12.9. The number of aryl methyl sites for hydroxylation is 2. The van der Waals surface area contributed by atoms with Gasteiger partial charge in [-0.2, -0.15) is 0 Å². The van der Waals surface area contributed by atoms with Crippen molar-refractivity contribution in [3.63, 3.8) is 0 Å². The molecule has 1 aliphatic heterocycles. The Hall–Kier alpha value is -4.08. The summed E-state index contributed by atoms with van der Waals surface area (Å²) in [6.07, 6.45) is -0.498. The number of carbonyl (C=O) groups is 2. The fourth-order valence-corrected chi connectivity index (χ4v) is 4.35. The fourth-order valence-electron chi connectivity index (χ4n) is 4.35. The third-order valence-corrected chi connectivity index (χ3v) is 6.25. The summed E-state index contributed by atoms with van der Waals surface area (Å²) in [7, 11) is 1.52. The number of methoxy groups -OCH3 is 1. The predicted octanol–water partition coefficient (Wildman–Crippen LogP) is 3.67. The number of aromatic nitrogens is 2. The van der Waals surface area contributed by atoms with Crippen LogP contribution in [-0.4, -0.2) is 65.1 Å². The summed E-state index contributed by atoms with van der Waals surface area (Å²) in [6.45, 7) is 9.14. The van der Waals surface area contributed by atoms with Crippen LogP contribution in [0.25, 0.3) is 10.9 Å². The summed E-state index contributed by atoms with van der Waals surface area (Å²) < 4.78 is 11.2. The molecule has 3 aromatic rings. The molecule has 1 aromatic heterocycles. The number of amides is 2. The Kier molecular flexibility index (Phi) is 7.14. The number of piperazine rings is 1. The van der Waals surface area contributed by atoms with Crippen molar-refractivity contribution >= 4 is 34.4 Å². The molecule has 10 nitrogen and oxygen atoms in total. The number of hydrogen-bond acceptors (Lipinski definition) is 8. The Bertz CT molecular complexity index is 1280. The topological polar surface area (TPSA) is 123 Å². The highest BCUT2D eigenvalue weighted by Crippen LogP contribution is 2.36. The van der Waals surface area contributed by atoms with Crippen molar-refractivity contribution in [2.24, 2.45) is 0 Å². The van der Waals surface area contributed by atoms with Crippen LogP contribution in [0.5, 0.6) is 11.5 Å². The first-order chi connectivity index (χ1) is 17.1. The van der Waals surface area contributed by atoms with Gasteiger partial charge in [0, 0.05) is 50.2 Å². The van der Waals surface area contributed by atoms with Gasteiger partial charge in [-0.1, -0.05) is 6.07 Å². The predicted molar refractivity (Wildman–Crippen MR) is 138 cm³/mol. The fraction of sp³-hybridized carbons (Fsp3) is 0.385. The van der Waals surface area contributed by atoms with Gasteiger partial charge >= 0.3 is 6.09 Å². The highest BCUT2D eigenvalue weighted by molar-refractivity contribution is 5.92. The summed E-state index contributed by atoms with van der Waals surface area (Å²) in [5, 5.41) is 4.15. The van der Waals surface area contributed by atoms with E-state index in [0.717, 1.165) is 11.1 Å². The smallest absolute Gasteiger partial charge is 0.415 e. The van der Waals surface area contributed by atoms with E-state index >= 15 is 0 Å². The van der Waals surface area contributed by atoms with Gasteiger partial charge in [0.25, 0.3) is 0 Å². The van der Waals surface area contributed by atoms with Crippen LogP contribution >= 0.6 is 0 Å². The normalized spacial score (nSPS) is 14.5. The highest BCUT2D eigenvalue weighted by atomic mass is 16.6. The SMILES string of the molecule is COc1cc2nc(C)nc(N[C@H](C)c3cc(C)cc(N)c3)c2cc1OC(=O)N1CCN(C(C)=O)CC1. The number of fused-ring (bicyclic) bond motifs is 1. The van der Waals surface area contributed by atoms with Crippen LogP contribution < -0.4 is 20.5 Å². The van der Waals surface area contributed by atoms with Crippen molar-refractivity contribution in [3.8, 4) is 11.5 Å². The van der Waals surface area contributed by atoms with Gasteiger partial charge in [0.1, 0.15) is 11.6 Å². The van der Waals surface area contributed by atoms with Gasteiger partial charge < -0.3 is 30.3 Å². The van der Waals surface area contributed by atoms with Crippen molar-refractivity contribution in [1.82, 2.24) is 19.8 Å². The van der Waals surface area contributed by atoms with E-state index in [0.29, 0.717) is 60.2 Å². The zero-order chi connectivity index (χ0) is 26.0. The van der Waals surface area contributed by atoms with Crippen molar-refractivity contribution in [1.29, 1.82) is 0 Å². The molecule has 3 N–H and O–H groups in total. The molecule has 10 heteroatoms. The lowest BCUT2D eigenvalue weighted by molar-refractivity contribution is -0.130. The second-order valence-corrected chi connectivity index (χ2v) is 9.04. The van der Waals surface area contributed by atoms with Gasteiger partial charge in [-0.25, -0.2) is 14.8 Å². The second kappa shape index (κ2) is 10.3. The van der Waals surface area contributed by atoms with Crippen LogP contribution in [0.1, 0.15) is 36.8 Å². The van der Waals surface area contributed by atoms with Gasteiger partial charge in [-0.3, -0.25) is 4.79 Å². The summed E-state index contributed by atoms with van der Waals surface area (Å²) >= 11 is 0. The number of nitrogens with two attached hydrogens (primary N) is 1. The van der Waals surface area contributed by atoms with E-state index in [-0.39, 0.29) is 17.7 Å². The summed E-state index contributed by atoms with van der Waals surface area (Å²) in [6, 6.07) is 9.30. The number of nitrogens with zero attached hydrogens (tertiary/aromatic N) is 4. The Morgan fingerprint density at radius 3 is 2.33 bits per heavy atom. The van der Waals surface area contributed by atoms with Crippen LogP contribution in [0.2, 0.25) is 0 Å². The number of hydrogen-bond donors (Lipinski definition) is 2. The average Bonchev–Trinajstić information content (AvgIpc) is 2.83. The lowest BCUT2D eigenvalue weighted by Gasteiger charge is -2.33. The minimum Gasteiger partial charge on any atom is -0.493 e. The van der Waals surface area contributed by atoms with E-state index in [1.807, 2.05) is 32.9 Å². The number of ether oxygens (including phenoxy) is 2. The Morgan fingerprint density at radius 2 is 1.69 bits per heavy atom. The van der Waals surface area contributed by atoms with E-state index in [2.05, 4.69) is 21.4 Å². The minimum absolute atomic E-state index is 0.00267. The molecule has 1 atom stereocenters. The first kappa shape index (κ1) is 25.0. The molecule has 0 radical (unpaired) electrons. The van der Waals surface area contributed by atoms with Gasteiger partial charge in [0.05, 0.1) is 18.7 Å². The van der Waals surface area contributed by atoms with E-state index < -0.39 is 6.09 Å². The standard InChI is InChI=1S/C26H32N6O4/c1-15-10-19(12-20(27)11-15)16(2)28-25-21-13-24(23(35-5)14-22(21)29-17(3)30-25)36-26(34)32-8-6-31(7-9-32)18(4)33/h10-14,16H,6-9,27H2,1-5H3,(H,28,29,30)/t16-/m1/s1. The number of carbonyl (C=O) groups excluding carboxylic acids is 2. The maximum atomic E-state index is 12.9. The molecule has 2 amide bonds. The molecule has 0 unspecified atom stereocenters. The number of nitrogens with one attached hydrogen (secondary N) is 1. The highest BCUT2D eigenvalue weighted by Gasteiger charge is 2.25. The molecule has 1 saturated heterocycles. The molecular formula is C26H32N6O4. The van der Waals surface area contributed by atoms with E-state index in [1.54, 1.807) is 21.9 Å². The summed E-state index contributed by atoms with van der Waals surface area (Å²) in [5.41, 5.74) is 9.51. The zero-order valence-corrected chi connectivity index (χ0v) is 21.3. The summed E-state index contributed by atoms with van der Waals surface area (Å²) in [5.74, 6) is 1.86. The first-order valence-corrected chi connectivity index (χ1v) is 11.9. The third kappa shape index (κ3) is 5.42. The molecule has 1 fully saturated rings. The Labute approximate surface area is 210 Å². The van der Waals surface area contributed by atoms with Crippen LogP contribution in [0.3, 0.4) is 0 Å². The van der Waals surface area contributed by atoms with Gasteiger partial charge in [0.2, 0.25) is 5.91 Å². The Morgan fingerprint density at radius 1 is 1.00 bits per heavy atom. The molecule has 0 spiro atoms. The molecule has 1 aliphatic rings. The first-order valence-electron chi connectivity index (χ1n) is 11.9. The molecule has 2 aromatic carbocycles. The van der Waals surface area contributed by atoms with Gasteiger partial charge in [-0.05, 0) is 50.1 Å². The van der Waals surface area contributed by atoms with E-state index in [9.17, 15) is 9.59 Å². The average molecular weight is 493 g/mol. The lowest BCUT2D eigenvalue weighted by atomic mass is 10.0. The molecule has 0 saturated carbocycles. The number of anilines is 2. The van der Waals surface area contributed by atoms with E-state index in [4.69, 9.17) is 15.2 Å². The van der Waals surface area contributed by atoms with Crippen LogP contribution in [0.15, 0.2) is 30.3 Å². The summed E-state index contributed by atoms with van der Waals surface area (Å²) in [4.78, 5) is 36.9. The molecule has 36 heavy (non-hydrogen) atoms. The number of rotatable bonds is 5.